The van der Waals surface area contributed by atoms with Crippen LogP contribution in [0.15, 0.2) is 152 Å². The van der Waals surface area contributed by atoms with Gasteiger partial charge in [0.1, 0.15) is 41.4 Å². The molecular formula is C80H103Cl3N12O23. The van der Waals surface area contributed by atoms with Crippen LogP contribution >= 0.6 is 36.4 Å². The van der Waals surface area contributed by atoms with E-state index in [0.717, 1.165) is 4.90 Å². The van der Waals surface area contributed by atoms with Crippen LogP contribution in [0.25, 0.3) is 0 Å². The number of carboxylic acids is 1. The molecule has 0 bridgehead atoms. The third kappa shape index (κ3) is 33.1. The van der Waals surface area contributed by atoms with Gasteiger partial charge in [0, 0.05) is 110 Å². The molecule has 10 amide bonds. The molecule has 5 aromatic carbocycles. The molecule has 10 atom stereocenters. The maximum atomic E-state index is 12.4. The molecule has 5 aliphatic rings. The first-order valence-corrected chi connectivity index (χ1v) is 37.1. The summed E-state index contributed by atoms with van der Waals surface area (Å²) < 4.78 is 29.4. The van der Waals surface area contributed by atoms with E-state index in [1.165, 1.54) is 43.1 Å². The maximum Gasteiger partial charge on any atom is 0.411 e. The van der Waals surface area contributed by atoms with Crippen LogP contribution in [0.4, 0.5) is 9.59 Å². The van der Waals surface area contributed by atoms with Crippen molar-refractivity contribution in [3.8, 4) is 0 Å². The van der Waals surface area contributed by atoms with Gasteiger partial charge in [-0.2, -0.15) is 0 Å². The molecule has 0 radical (unpaired) electrons. The molecule has 35 nitrogen and oxygen atoms in total. The van der Waals surface area contributed by atoms with E-state index >= 15 is 0 Å². The predicted molar refractivity (Wildman–Crippen MR) is 433 cm³/mol. The lowest BCUT2D eigenvalue weighted by atomic mass is 10.1. The molecule has 38 heteroatoms. The van der Waals surface area contributed by atoms with E-state index in [2.05, 4.69) is 46.7 Å². The number of likely N-dealkylation sites (tertiary alicyclic amines) is 4. The Morgan fingerprint density at radius 3 is 1.02 bits per heavy atom. The highest BCUT2D eigenvalue weighted by molar-refractivity contribution is 6.67. The van der Waals surface area contributed by atoms with Crippen molar-refractivity contribution in [3.63, 3.8) is 0 Å². The smallest absolute Gasteiger partial charge is 0.411 e. The molecule has 10 rings (SSSR count). The van der Waals surface area contributed by atoms with Gasteiger partial charge in [0.25, 0.3) is 28.9 Å². The zero-order valence-electron chi connectivity index (χ0n) is 66.8. The number of hydrogen-bond donors (Lipinski definition) is 9. The van der Waals surface area contributed by atoms with Crippen LogP contribution in [0.3, 0.4) is 0 Å². The lowest BCUT2D eigenvalue weighted by Gasteiger charge is -2.27. The minimum Gasteiger partial charge on any atom is -0.480 e. The summed E-state index contributed by atoms with van der Waals surface area (Å²) >= 11 is 5.16. The molecule has 5 aliphatic heterocycles. The summed E-state index contributed by atoms with van der Waals surface area (Å²) in [5, 5.41) is 27.6. The molecule has 5 saturated heterocycles. The van der Waals surface area contributed by atoms with Gasteiger partial charge in [-0.1, -0.05) is 103 Å². The second-order valence-electron chi connectivity index (χ2n) is 28.5. The number of carboxylic acid groups (broad SMARTS) is 1. The number of esters is 4. The highest BCUT2D eigenvalue weighted by Gasteiger charge is 2.45. The number of halogens is 3. The van der Waals surface area contributed by atoms with Crippen molar-refractivity contribution in [3.05, 3.63) is 179 Å². The van der Waals surface area contributed by atoms with Crippen molar-refractivity contribution >= 4 is 132 Å². The monoisotopic (exact) mass is 1700 g/mol. The maximum absolute atomic E-state index is 12.4. The van der Waals surface area contributed by atoms with Gasteiger partial charge < -0.3 is 86.3 Å². The second kappa shape index (κ2) is 50.0. The molecular weight excluding hydrogens is 1600 g/mol. The lowest BCUT2D eigenvalue weighted by molar-refractivity contribution is -0.150. The third-order valence-corrected chi connectivity index (χ3v) is 17.8. The molecule has 10 N–H and O–H groups in total. The molecule has 0 spiro atoms. The number of carbonyl (C=O) groups excluding carboxylic acids is 15. The highest BCUT2D eigenvalue weighted by atomic mass is 35.5. The second-order valence-corrected chi connectivity index (χ2v) is 28.9. The molecule has 0 aliphatic carbocycles. The number of methoxy groups -OCH3 is 4. The number of carbonyl (C=O) groups is 16. The van der Waals surface area contributed by atoms with Crippen LogP contribution in [0.5, 0.6) is 0 Å². The molecule has 0 aromatic heterocycles. The van der Waals surface area contributed by atoms with Crippen molar-refractivity contribution in [1.29, 1.82) is 0 Å². The van der Waals surface area contributed by atoms with Crippen LogP contribution in [-0.4, -0.2) is 266 Å². The van der Waals surface area contributed by atoms with Gasteiger partial charge in [-0.15, -0.1) is 24.8 Å². The Balaban J connectivity index is 0.000000372. The Hall–Kier alpha value is -11.8. The van der Waals surface area contributed by atoms with Gasteiger partial charge in [0.15, 0.2) is 0 Å². The fourth-order valence-electron chi connectivity index (χ4n) is 12.2. The van der Waals surface area contributed by atoms with Gasteiger partial charge in [0.2, 0.25) is 24.6 Å². The third-order valence-electron chi connectivity index (χ3n) is 17.6. The van der Waals surface area contributed by atoms with Crippen molar-refractivity contribution in [2.45, 2.75) is 145 Å². The zero-order valence-corrected chi connectivity index (χ0v) is 69.2. The highest BCUT2D eigenvalue weighted by Crippen LogP contribution is 2.26. The molecule has 0 saturated carbocycles. The summed E-state index contributed by atoms with van der Waals surface area (Å²) in [7, 11) is 5.16. The van der Waals surface area contributed by atoms with E-state index < -0.39 is 94.5 Å². The Labute approximate surface area is 700 Å². The number of nitrogens with one attached hydrogen (secondary N) is 7. The van der Waals surface area contributed by atoms with Crippen LogP contribution < -0.4 is 43.0 Å². The Morgan fingerprint density at radius 2 is 0.712 bits per heavy atom. The summed E-state index contributed by atoms with van der Waals surface area (Å²) in [6.07, 6.45) is 1.30. The first kappa shape index (κ1) is 100. The number of amides is 10. The molecule has 5 fully saturated rings. The van der Waals surface area contributed by atoms with Crippen molar-refractivity contribution in [2.24, 2.45) is 5.73 Å². The van der Waals surface area contributed by atoms with Crippen LogP contribution in [-0.2, 0) is 71.6 Å². The molecule has 5 heterocycles. The van der Waals surface area contributed by atoms with Crippen LogP contribution in [0.1, 0.15) is 125 Å². The summed E-state index contributed by atoms with van der Waals surface area (Å²) in [5.41, 5.74) is 7.13. The lowest BCUT2D eigenvalue weighted by Crippen LogP contribution is -2.45. The number of rotatable bonds is 20. The first-order valence-electron chi connectivity index (χ1n) is 36.7. The van der Waals surface area contributed by atoms with Gasteiger partial charge >= 0.3 is 42.0 Å². The van der Waals surface area contributed by atoms with Crippen molar-refractivity contribution in [2.75, 3.05) is 74.3 Å². The van der Waals surface area contributed by atoms with Gasteiger partial charge in [-0.05, 0) is 115 Å². The zero-order chi connectivity index (χ0) is 85.8. The number of aliphatic carboxylic acids is 1. The van der Waals surface area contributed by atoms with E-state index in [9.17, 15) is 81.8 Å². The fourth-order valence-corrected chi connectivity index (χ4v) is 12.4. The van der Waals surface area contributed by atoms with Gasteiger partial charge in [0.05, 0.1) is 41.5 Å². The number of nitrogens with two attached hydrogens (primary N) is 1. The predicted octanol–water partition coefficient (Wildman–Crippen LogP) is 4.21. The van der Waals surface area contributed by atoms with E-state index in [0.29, 0.717) is 66.6 Å². The average Bonchev–Trinajstić information content (AvgIpc) is 1.68. The SMILES string of the molecule is COC(=O)[C@@H]1C[C@@H](N)CN1C(=O)OC(C)(C)C.COC(=O)[C@@H]1C[C@@H](NC(=O)c2ccccc2)CN1.COC(=O)[C@@H]1C[C@@H](NC(=O)c2ccccc2)CN1C(=O)CNC=O.COC(=O)[C@@H]1C[C@@H](NC(=O)c2ccccc2)CN1C(=O)OC(C)(C)C.Cl.Cl.O=C(Cl)c1ccccc1.O=CNCC(=O)N1C[C@H](NC(=O)c2ccccc2)C[C@H]1C(=O)O. The quantitative estimate of drug-likeness (QED) is 0.0228. The van der Waals surface area contributed by atoms with E-state index in [1.807, 2.05) is 30.3 Å². The molecule has 118 heavy (non-hydrogen) atoms. The Bertz CT molecular complexity index is 4160. The minimum atomic E-state index is -1.14. The number of hydrogen-bond acceptors (Lipinski definition) is 24. The van der Waals surface area contributed by atoms with E-state index in [-0.39, 0.29) is 137 Å². The average molecular weight is 1710 g/mol. The topological polar surface area (TPSA) is 472 Å². The molecule has 0 unspecified atom stereocenters. The summed E-state index contributed by atoms with van der Waals surface area (Å²) in [5.74, 6) is -4.82. The first-order chi connectivity index (χ1) is 55.0. The number of ether oxygens (including phenoxy) is 6. The molecule has 5 aromatic rings. The summed E-state index contributed by atoms with van der Waals surface area (Å²) in [4.78, 5) is 191. The Kier molecular flexibility index (Phi) is 42.5. The summed E-state index contributed by atoms with van der Waals surface area (Å²) in [6, 6.07) is 38.8. The van der Waals surface area contributed by atoms with Crippen LogP contribution in [0, 0.1) is 0 Å². The van der Waals surface area contributed by atoms with Crippen molar-refractivity contribution in [1.82, 2.24) is 56.8 Å². The Morgan fingerprint density at radius 1 is 0.424 bits per heavy atom. The van der Waals surface area contributed by atoms with Crippen LogP contribution in [0.2, 0.25) is 0 Å². The van der Waals surface area contributed by atoms with Crippen molar-refractivity contribution < 1.29 is 110 Å². The summed E-state index contributed by atoms with van der Waals surface area (Å²) in [6.45, 7) is 11.4. The minimum absolute atomic E-state index is 0. The molecule has 642 valence electrons. The van der Waals surface area contributed by atoms with E-state index in [4.69, 9.17) is 36.3 Å². The van der Waals surface area contributed by atoms with E-state index in [1.54, 1.807) is 163 Å². The number of nitrogens with zero attached hydrogens (tertiary/aromatic N) is 4. The van der Waals surface area contributed by atoms with Gasteiger partial charge in [-0.25, -0.2) is 28.8 Å². The van der Waals surface area contributed by atoms with Gasteiger partial charge in [-0.3, -0.25) is 57.7 Å². The normalized spacial score (nSPS) is 19.8. The number of benzene rings is 5. The fraction of sp³-hybridized carbons (Fsp3) is 0.425. The largest absolute Gasteiger partial charge is 0.480 e. The standard InChI is InChI=1S/C18H24N2O5.C16H19N3O5.C15H17N3O5.C13H16N2O3.C11H20N2O4.C7H5ClO.2ClH/c1-18(2,3)25-17(23)20-11-13(10-14(20)16(22)24-4)19-15(21)12-8-6-5-7-9-12;1-24-16(23)13-7-12(9-19(13)14(21)8-17-10-20)18-15(22)11-5-3-2-4-6-11;19-9-16-7-13(20)18-8-11(6-12(18)15(22)23)17-14(21)10-4-2-1-3-5-10;1-18-13(17)11-7-10(8-14-11)15-12(16)9-5-3-2-4-6-9;1-11(2,3)17-10(15)13-6-7(12)5-8(13)9(14)16-4;8-7(9)6-4-2-1-3-5-6;;/h5-9,13-14H,10-11H2,1-4H3,(H,19,21);2-6,10,12-13H,7-9H2,1H3,(H,17,20)(H,18,22);1-5,9,11-12H,6-8H2,(H,16,19)(H,17,21)(H,22,23);2-6,10-11,14H,7-8H2,1H3,(H,15,16);7-8H,5-6,12H2,1-4H3;1-5H;2*1H/t13-,14+;12-,13+;11-,12+;10-,11+;7-,8+;;;/m11111.../s1.